The van der Waals surface area contributed by atoms with Gasteiger partial charge in [-0.1, -0.05) is 0 Å². The SMILES string of the molecule is N[C@@H](CC(=O)O)c1coc(O)c1. The Bertz CT molecular complexity index is 281. The molecule has 1 rings (SSSR count). The summed E-state index contributed by atoms with van der Waals surface area (Å²) in [6.07, 6.45) is 1.06. The second-order valence-electron chi connectivity index (χ2n) is 2.42. The Morgan fingerprint density at radius 3 is 2.83 bits per heavy atom. The number of carboxylic acid groups (broad SMARTS) is 1. The van der Waals surface area contributed by atoms with Crippen LogP contribution in [0.1, 0.15) is 18.0 Å². The van der Waals surface area contributed by atoms with Gasteiger partial charge in [0.2, 0.25) is 0 Å². The maximum Gasteiger partial charge on any atom is 0.305 e. The van der Waals surface area contributed by atoms with Crippen molar-refractivity contribution in [2.45, 2.75) is 12.5 Å². The van der Waals surface area contributed by atoms with Crippen LogP contribution in [0.3, 0.4) is 0 Å². The fraction of sp³-hybridized carbons (Fsp3) is 0.286. The second-order valence-corrected chi connectivity index (χ2v) is 2.42. The zero-order valence-corrected chi connectivity index (χ0v) is 6.23. The van der Waals surface area contributed by atoms with Crippen molar-refractivity contribution in [3.8, 4) is 5.95 Å². The molecular weight excluding hydrogens is 162 g/mol. The minimum atomic E-state index is -0.983. The molecule has 0 spiro atoms. The minimum absolute atomic E-state index is 0.182. The molecule has 1 aromatic rings. The van der Waals surface area contributed by atoms with E-state index in [1.165, 1.54) is 12.3 Å². The lowest BCUT2D eigenvalue weighted by Gasteiger charge is -2.03. The first kappa shape index (κ1) is 8.61. The van der Waals surface area contributed by atoms with Crippen molar-refractivity contribution in [1.82, 2.24) is 0 Å². The molecule has 0 bridgehead atoms. The Hall–Kier alpha value is -1.49. The lowest BCUT2D eigenvalue weighted by atomic mass is 10.1. The molecule has 12 heavy (non-hydrogen) atoms. The number of nitrogens with two attached hydrogens (primary N) is 1. The van der Waals surface area contributed by atoms with Gasteiger partial charge in [-0.2, -0.15) is 0 Å². The number of hydrogen-bond acceptors (Lipinski definition) is 4. The molecule has 0 fully saturated rings. The Labute approximate surface area is 68.4 Å². The molecule has 0 radical (unpaired) electrons. The molecular formula is C7H9NO4. The van der Waals surface area contributed by atoms with Crippen molar-refractivity contribution in [1.29, 1.82) is 0 Å². The van der Waals surface area contributed by atoms with Crippen LogP contribution in [-0.4, -0.2) is 16.2 Å². The summed E-state index contributed by atoms with van der Waals surface area (Å²) in [5.41, 5.74) is 5.94. The van der Waals surface area contributed by atoms with Crippen molar-refractivity contribution in [3.63, 3.8) is 0 Å². The van der Waals surface area contributed by atoms with Crippen LogP contribution in [0.2, 0.25) is 0 Å². The van der Waals surface area contributed by atoms with Crippen molar-refractivity contribution in [2.24, 2.45) is 5.73 Å². The summed E-state index contributed by atoms with van der Waals surface area (Å²) in [7, 11) is 0. The largest absolute Gasteiger partial charge is 0.481 e. The highest BCUT2D eigenvalue weighted by atomic mass is 16.5. The number of aliphatic carboxylic acids is 1. The molecule has 0 saturated carbocycles. The van der Waals surface area contributed by atoms with E-state index in [0.29, 0.717) is 5.56 Å². The monoisotopic (exact) mass is 171 g/mol. The molecule has 0 aromatic carbocycles. The van der Waals surface area contributed by atoms with E-state index in [-0.39, 0.29) is 12.4 Å². The third-order valence-corrected chi connectivity index (χ3v) is 1.43. The third-order valence-electron chi connectivity index (χ3n) is 1.43. The van der Waals surface area contributed by atoms with Crippen LogP contribution in [0.4, 0.5) is 0 Å². The molecule has 0 amide bonds. The normalized spacial score (nSPS) is 12.8. The predicted octanol–water partition coefficient (Wildman–Crippen LogP) is 0.460. The van der Waals surface area contributed by atoms with E-state index in [0.717, 1.165) is 0 Å². The molecule has 5 nitrogen and oxygen atoms in total. The number of rotatable bonds is 3. The van der Waals surface area contributed by atoms with Gasteiger partial charge in [-0.3, -0.25) is 4.79 Å². The minimum Gasteiger partial charge on any atom is -0.481 e. The van der Waals surface area contributed by atoms with E-state index in [2.05, 4.69) is 4.42 Å². The van der Waals surface area contributed by atoms with E-state index >= 15 is 0 Å². The maximum absolute atomic E-state index is 10.2. The van der Waals surface area contributed by atoms with E-state index in [4.69, 9.17) is 15.9 Å². The van der Waals surface area contributed by atoms with Crippen LogP contribution >= 0.6 is 0 Å². The fourth-order valence-corrected chi connectivity index (χ4v) is 0.839. The van der Waals surface area contributed by atoms with Gasteiger partial charge in [-0.25, -0.2) is 0 Å². The van der Waals surface area contributed by atoms with Gasteiger partial charge in [0.15, 0.2) is 0 Å². The Morgan fingerprint density at radius 1 is 1.75 bits per heavy atom. The zero-order chi connectivity index (χ0) is 9.14. The van der Waals surface area contributed by atoms with Gasteiger partial charge in [-0.05, 0) is 0 Å². The summed E-state index contributed by atoms with van der Waals surface area (Å²) < 4.78 is 4.55. The van der Waals surface area contributed by atoms with E-state index in [1.807, 2.05) is 0 Å². The van der Waals surface area contributed by atoms with E-state index in [9.17, 15) is 4.79 Å². The third kappa shape index (κ3) is 2.00. The highest BCUT2D eigenvalue weighted by Crippen LogP contribution is 2.20. The summed E-state index contributed by atoms with van der Waals surface area (Å²) in [5, 5.41) is 17.1. The van der Waals surface area contributed by atoms with Crippen molar-refractivity contribution < 1.29 is 19.4 Å². The van der Waals surface area contributed by atoms with Crippen LogP contribution in [0.25, 0.3) is 0 Å². The first-order chi connectivity index (χ1) is 5.59. The Balaban J connectivity index is 2.64. The van der Waals surface area contributed by atoms with Crippen LogP contribution < -0.4 is 5.73 Å². The van der Waals surface area contributed by atoms with Crippen molar-refractivity contribution in [3.05, 3.63) is 17.9 Å². The molecule has 0 aliphatic carbocycles. The molecule has 4 N–H and O–H groups in total. The first-order valence-electron chi connectivity index (χ1n) is 3.34. The molecule has 66 valence electrons. The highest BCUT2D eigenvalue weighted by molar-refractivity contribution is 5.67. The second kappa shape index (κ2) is 3.27. The molecule has 0 aliphatic heterocycles. The van der Waals surface area contributed by atoms with Gasteiger partial charge in [0.05, 0.1) is 12.7 Å². The standard InChI is InChI=1S/C7H9NO4/c8-5(2-6(9)10)4-1-7(11)12-3-4/h1,3,5,11H,2,8H2,(H,9,10)/t5-/m0/s1. The van der Waals surface area contributed by atoms with Gasteiger partial charge in [0.25, 0.3) is 5.95 Å². The van der Waals surface area contributed by atoms with Crippen molar-refractivity contribution >= 4 is 5.97 Å². The van der Waals surface area contributed by atoms with Crippen LogP contribution in [0.5, 0.6) is 5.95 Å². The van der Waals surface area contributed by atoms with Gasteiger partial charge >= 0.3 is 5.97 Å². The number of carboxylic acids is 1. The number of furan rings is 1. The first-order valence-corrected chi connectivity index (χ1v) is 3.34. The average molecular weight is 171 g/mol. The number of carbonyl (C=O) groups is 1. The van der Waals surface area contributed by atoms with Crippen LogP contribution in [0, 0.1) is 0 Å². The summed E-state index contributed by atoms with van der Waals surface area (Å²) in [6.45, 7) is 0. The topological polar surface area (TPSA) is 96.7 Å². The lowest BCUT2D eigenvalue weighted by molar-refractivity contribution is -0.137. The Kier molecular flexibility index (Phi) is 2.35. The molecule has 5 heteroatoms. The van der Waals surface area contributed by atoms with Gasteiger partial charge in [0, 0.05) is 17.7 Å². The quantitative estimate of drug-likeness (QED) is 0.613. The highest BCUT2D eigenvalue weighted by Gasteiger charge is 2.12. The lowest BCUT2D eigenvalue weighted by Crippen LogP contribution is -2.13. The molecule has 0 aliphatic rings. The van der Waals surface area contributed by atoms with Crippen LogP contribution in [0.15, 0.2) is 16.7 Å². The van der Waals surface area contributed by atoms with Crippen LogP contribution in [-0.2, 0) is 4.79 Å². The molecule has 1 atom stereocenters. The van der Waals surface area contributed by atoms with E-state index < -0.39 is 12.0 Å². The number of hydrogen-bond donors (Lipinski definition) is 3. The van der Waals surface area contributed by atoms with Gasteiger partial charge in [-0.15, -0.1) is 0 Å². The number of aromatic hydroxyl groups is 1. The Morgan fingerprint density at radius 2 is 2.42 bits per heavy atom. The maximum atomic E-state index is 10.2. The summed E-state index contributed by atoms with van der Waals surface area (Å²) in [6, 6.07) is 0.667. The molecule has 0 unspecified atom stereocenters. The summed E-state index contributed by atoms with van der Waals surface area (Å²) >= 11 is 0. The molecule has 1 aromatic heterocycles. The van der Waals surface area contributed by atoms with Gasteiger partial charge in [0.1, 0.15) is 0 Å². The average Bonchev–Trinajstić information content (AvgIpc) is 2.34. The smallest absolute Gasteiger partial charge is 0.305 e. The summed E-state index contributed by atoms with van der Waals surface area (Å²) in [4.78, 5) is 10.2. The van der Waals surface area contributed by atoms with E-state index in [1.54, 1.807) is 0 Å². The fourth-order valence-electron chi connectivity index (χ4n) is 0.839. The predicted molar refractivity (Wildman–Crippen MR) is 39.6 cm³/mol. The molecule has 1 heterocycles. The molecule has 0 saturated heterocycles. The zero-order valence-electron chi connectivity index (χ0n) is 6.23. The van der Waals surface area contributed by atoms with Crippen molar-refractivity contribution in [2.75, 3.05) is 0 Å². The van der Waals surface area contributed by atoms with Gasteiger partial charge < -0.3 is 20.4 Å². The summed E-state index contributed by atoms with van der Waals surface area (Å²) in [5.74, 6) is -1.24.